The Hall–Kier alpha value is -1.14. The maximum Gasteiger partial charge on any atom is 0.223 e. The van der Waals surface area contributed by atoms with Crippen molar-refractivity contribution in [2.45, 2.75) is 16.8 Å². The van der Waals surface area contributed by atoms with E-state index in [0.29, 0.717) is 5.95 Å². The summed E-state index contributed by atoms with van der Waals surface area (Å²) in [7, 11) is 0. The lowest BCUT2D eigenvalue weighted by Gasteiger charge is -2.06. The Morgan fingerprint density at radius 2 is 2.06 bits per heavy atom. The first-order chi connectivity index (χ1) is 8.69. The van der Waals surface area contributed by atoms with Crippen LogP contribution in [-0.2, 0) is 0 Å². The monoisotopic (exact) mass is 327 g/mol. The molecule has 0 aliphatic carbocycles. The number of rotatable bonds is 4. The van der Waals surface area contributed by atoms with Crippen molar-refractivity contribution in [2.24, 2.45) is 0 Å². The van der Waals surface area contributed by atoms with Gasteiger partial charge in [-0.2, -0.15) is 0 Å². The van der Waals surface area contributed by atoms with Gasteiger partial charge in [-0.15, -0.1) is 0 Å². The summed E-state index contributed by atoms with van der Waals surface area (Å²) in [5.74, 6) is 0.347. The molecule has 1 N–H and O–H groups in total. The predicted molar refractivity (Wildman–Crippen MR) is 74.4 cm³/mol. The van der Waals surface area contributed by atoms with Crippen molar-refractivity contribution >= 4 is 33.6 Å². The molecular weight excluding hydrogens is 317 g/mol. The van der Waals surface area contributed by atoms with Gasteiger partial charge in [0.2, 0.25) is 5.95 Å². The summed E-state index contributed by atoms with van der Waals surface area (Å²) in [6, 6.07) is 6.31. The van der Waals surface area contributed by atoms with Gasteiger partial charge < -0.3 is 5.32 Å². The summed E-state index contributed by atoms with van der Waals surface area (Å²) in [6.45, 7) is 2.75. The fraction of sp³-hybridized carbons (Fsp3) is 0.167. The Balaban J connectivity index is 2.22. The first-order valence-electron chi connectivity index (χ1n) is 5.39. The summed E-state index contributed by atoms with van der Waals surface area (Å²) >= 11 is 4.86. The van der Waals surface area contributed by atoms with Crippen molar-refractivity contribution in [3.8, 4) is 0 Å². The fourth-order valence-electron chi connectivity index (χ4n) is 1.28. The van der Waals surface area contributed by atoms with E-state index in [2.05, 4.69) is 31.2 Å². The average Bonchev–Trinajstić information content (AvgIpc) is 2.36. The maximum absolute atomic E-state index is 12.8. The lowest BCUT2D eigenvalue weighted by Crippen LogP contribution is -2.02. The van der Waals surface area contributed by atoms with Gasteiger partial charge in [0.15, 0.2) is 0 Å². The Labute approximate surface area is 117 Å². The smallest absolute Gasteiger partial charge is 0.223 e. The first kappa shape index (κ1) is 13.3. The van der Waals surface area contributed by atoms with Crippen LogP contribution in [0.4, 0.5) is 10.3 Å². The molecule has 0 spiro atoms. The summed E-state index contributed by atoms with van der Waals surface area (Å²) in [6.07, 6.45) is 1.71. The van der Waals surface area contributed by atoms with E-state index in [9.17, 15) is 4.39 Å². The van der Waals surface area contributed by atoms with Gasteiger partial charge in [0.1, 0.15) is 10.8 Å². The fourth-order valence-corrected chi connectivity index (χ4v) is 2.49. The van der Waals surface area contributed by atoms with E-state index in [1.54, 1.807) is 18.3 Å². The molecule has 0 radical (unpaired) electrons. The van der Waals surface area contributed by atoms with Crippen LogP contribution in [0, 0.1) is 5.82 Å². The Morgan fingerprint density at radius 3 is 2.72 bits per heavy atom. The molecule has 0 bridgehead atoms. The molecule has 0 amide bonds. The largest absolute Gasteiger partial charge is 0.354 e. The van der Waals surface area contributed by atoms with E-state index >= 15 is 0 Å². The van der Waals surface area contributed by atoms with Crippen LogP contribution in [0.1, 0.15) is 6.92 Å². The molecule has 3 nitrogen and oxygen atoms in total. The van der Waals surface area contributed by atoms with Crippen LogP contribution in [0.2, 0.25) is 0 Å². The molecule has 0 saturated heterocycles. The van der Waals surface area contributed by atoms with Gasteiger partial charge in [0.05, 0.1) is 4.47 Å². The molecule has 0 saturated carbocycles. The van der Waals surface area contributed by atoms with Crippen molar-refractivity contribution in [2.75, 3.05) is 11.9 Å². The highest BCUT2D eigenvalue weighted by molar-refractivity contribution is 9.10. The molecule has 18 heavy (non-hydrogen) atoms. The Morgan fingerprint density at radius 1 is 1.33 bits per heavy atom. The molecule has 0 unspecified atom stereocenters. The van der Waals surface area contributed by atoms with Crippen LogP contribution in [0.15, 0.2) is 44.9 Å². The molecule has 1 heterocycles. The van der Waals surface area contributed by atoms with Gasteiger partial charge in [0.25, 0.3) is 0 Å². The number of halogens is 2. The van der Waals surface area contributed by atoms with E-state index in [1.165, 1.54) is 23.9 Å². The normalized spacial score (nSPS) is 10.4. The van der Waals surface area contributed by atoms with Crippen molar-refractivity contribution in [1.82, 2.24) is 9.97 Å². The number of nitrogens with one attached hydrogen (secondary N) is 1. The van der Waals surface area contributed by atoms with Crippen LogP contribution in [-0.4, -0.2) is 16.5 Å². The van der Waals surface area contributed by atoms with Crippen LogP contribution < -0.4 is 5.32 Å². The summed E-state index contributed by atoms with van der Waals surface area (Å²) in [5.41, 5.74) is 0. The number of aromatic nitrogens is 2. The topological polar surface area (TPSA) is 37.8 Å². The molecule has 2 rings (SSSR count). The molecule has 94 valence electrons. The van der Waals surface area contributed by atoms with E-state index in [4.69, 9.17) is 0 Å². The third kappa shape index (κ3) is 3.43. The summed E-state index contributed by atoms with van der Waals surface area (Å²) in [5, 5.41) is 3.85. The lowest BCUT2D eigenvalue weighted by atomic mass is 10.4. The van der Waals surface area contributed by atoms with E-state index in [1.807, 2.05) is 6.92 Å². The zero-order valence-electron chi connectivity index (χ0n) is 9.65. The van der Waals surface area contributed by atoms with Gasteiger partial charge in [0, 0.05) is 17.6 Å². The first-order valence-corrected chi connectivity index (χ1v) is 7.00. The minimum atomic E-state index is -0.241. The maximum atomic E-state index is 12.8. The van der Waals surface area contributed by atoms with E-state index in [-0.39, 0.29) is 5.82 Å². The standard InChI is InChI=1S/C12H11BrFN3S/c1-2-15-12-16-7-10(13)11(17-12)18-9-5-3-8(14)4-6-9/h3-7H,2H2,1H3,(H,15,16,17). The molecule has 1 aromatic heterocycles. The molecule has 2 aromatic rings. The van der Waals surface area contributed by atoms with Gasteiger partial charge in [-0.3, -0.25) is 0 Å². The highest BCUT2D eigenvalue weighted by Gasteiger charge is 2.07. The molecule has 0 aliphatic heterocycles. The molecule has 0 atom stereocenters. The molecular formula is C12H11BrFN3S. The third-order valence-corrected chi connectivity index (χ3v) is 3.93. The van der Waals surface area contributed by atoms with Crippen molar-refractivity contribution in [3.63, 3.8) is 0 Å². The zero-order valence-corrected chi connectivity index (χ0v) is 12.1. The van der Waals surface area contributed by atoms with Crippen molar-refractivity contribution in [1.29, 1.82) is 0 Å². The molecule has 1 aromatic carbocycles. The summed E-state index contributed by atoms with van der Waals surface area (Å²) < 4.78 is 13.6. The van der Waals surface area contributed by atoms with Crippen LogP contribution in [0.5, 0.6) is 0 Å². The minimum absolute atomic E-state index is 0.241. The van der Waals surface area contributed by atoms with Crippen molar-refractivity contribution < 1.29 is 4.39 Å². The van der Waals surface area contributed by atoms with Crippen LogP contribution in [0.25, 0.3) is 0 Å². The van der Waals surface area contributed by atoms with Crippen LogP contribution in [0.3, 0.4) is 0 Å². The van der Waals surface area contributed by atoms with E-state index < -0.39 is 0 Å². The second-order valence-electron chi connectivity index (χ2n) is 3.43. The number of benzene rings is 1. The SMILES string of the molecule is CCNc1ncc(Br)c(Sc2ccc(F)cc2)n1. The van der Waals surface area contributed by atoms with Gasteiger partial charge in [-0.1, -0.05) is 11.8 Å². The Bertz CT molecular complexity index is 533. The summed E-state index contributed by atoms with van der Waals surface area (Å²) in [4.78, 5) is 9.45. The second-order valence-corrected chi connectivity index (χ2v) is 5.35. The molecule has 6 heteroatoms. The second kappa shape index (κ2) is 6.15. The van der Waals surface area contributed by atoms with Crippen LogP contribution >= 0.6 is 27.7 Å². The molecule has 0 aliphatic rings. The number of hydrogen-bond donors (Lipinski definition) is 1. The van der Waals surface area contributed by atoms with Gasteiger partial charge >= 0.3 is 0 Å². The van der Waals surface area contributed by atoms with E-state index in [0.717, 1.165) is 20.9 Å². The average molecular weight is 328 g/mol. The number of anilines is 1. The third-order valence-electron chi connectivity index (χ3n) is 2.07. The minimum Gasteiger partial charge on any atom is -0.354 e. The lowest BCUT2D eigenvalue weighted by molar-refractivity contribution is 0.626. The van der Waals surface area contributed by atoms with Crippen molar-refractivity contribution in [3.05, 3.63) is 40.8 Å². The predicted octanol–water partition coefficient (Wildman–Crippen LogP) is 3.96. The Kier molecular flexibility index (Phi) is 4.54. The van der Waals surface area contributed by atoms with Gasteiger partial charge in [-0.25, -0.2) is 14.4 Å². The number of nitrogens with zero attached hydrogens (tertiary/aromatic N) is 2. The highest BCUT2D eigenvalue weighted by atomic mass is 79.9. The number of hydrogen-bond acceptors (Lipinski definition) is 4. The zero-order chi connectivity index (χ0) is 13.0. The molecule has 0 fully saturated rings. The quantitative estimate of drug-likeness (QED) is 0.862. The van der Waals surface area contributed by atoms with Gasteiger partial charge in [-0.05, 0) is 47.1 Å². The highest BCUT2D eigenvalue weighted by Crippen LogP contribution is 2.32.